The molecule has 0 spiro atoms. The highest BCUT2D eigenvalue weighted by Crippen LogP contribution is 2.42. The Morgan fingerprint density at radius 3 is 2.26 bits per heavy atom. The number of fused-ring (bicyclic) bond motifs is 1. The Morgan fingerprint density at radius 1 is 1.03 bits per heavy atom. The minimum Gasteiger partial charge on any atom is -0.493 e. The molecule has 0 bridgehead atoms. The standard InChI is InChI=1S/C26H26N2O5S/c1-15-16(2)34-26-23(15)24(18-11-20(31-3)25(33-5)21(12-18)32-4)27-13-22(30)28(26)14-19(29)17-9-7-6-8-10-17/h6-12H,13-14H2,1-5H3. The van der Waals surface area contributed by atoms with Crippen LogP contribution in [-0.4, -0.2) is 51.8 Å². The van der Waals surface area contributed by atoms with Crippen LogP contribution in [0, 0.1) is 13.8 Å². The summed E-state index contributed by atoms with van der Waals surface area (Å²) in [7, 11) is 4.66. The summed E-state index contributed by atoms with van der Waals surface area (Å²) in [4.78, 5) is 33.5. The van der Waals surface area contributed by atoms with Crippen LogP contribution in [0.25, 0.3) is 0 Å². The Labute approximate surface area is 202 Å². The SMILES string of the molecule is COc1cc(C2=NCC(=O)N(CC(=O)c3ccccc3)c3sc(C)c(C)c32)cc(OC)c1OC. The van der Waals surface area contributed by atoms with Gasteiger partial charge in [-0.1, -0.05) is 30.3 Å². The molecule has 3 aromatic rings. The molecule has 7 nitrogen and oxygen atoms in total. The van der Waals surface area contributed by atoms with Crippen LogP contribution in [0.1, 0.15) is 31.9 Å². The number of hydrogen-bond acceptors (Lipinski definition) is 7. The van der Waals surface area contributed by atoms with Crippen LogP contribution >= 0.6 is 11.3 Å². The zero-order valence-electron chi connectivity index (χ0n) is 19.8. The molecule has 8 heteroatoms. The number of hydrogen-bond donors (Lipinski definition) is 0. The third-order valence-electron chi connectivity index (χ3n) is 5.86. The van der Waals surface area contributed by atoms with E-state index in [1.165, 1.54) is 11.3 Å². The van der Waals surface area contributed by atoms with Crippen molar-refractivity contribution in [2.75, 3.05) is 39.3 Å². The Hall–Kier alpha value is -3.65. The number of nitrogens with zero attached hydrogens (tertiary/aromatic N) is 2. The molecule has 0 radical (unpaired) electrons. The summed E-state index contributed by atoms with van der Waals surface area (Å²) in [6.45, 7) is 3.88. The van der Waals surface area contributed by atoms with Gasteiger partial charge >= 0.3 is 0 Å². The number of carbonyl (C=O) groups is 2. The van der Waals surface area contributed by atoms with Crippen LogP contribution in [0.3, 0.4) is 0 Å². The predicted molar refractivity (Wildman–Crippen MR) is 134 cm³/mol. The maximum absolute atomic E-state index is 13.2. The molecule has 0 unspecified atom stereocenters. The third-order valence-corrected chi connectivity index (χ3v) is 7.09. The van der Waals surface area contributed by atoms with Crippen LogP contribution in [0.4, 0.5) is 5.00 Å². The second kappa shape index (κ2) is 9.69. The van der Waals surface area contributed by atoms with Gasteiger partial charge in [-0.3, -0.25) is 19.5 Å². The lowest BCUT2D eigenvalue weighted by atomic mass is 9.99. The number of anilines is 1. The van der Waals surface area contributed by atoms with Crippen molar-refractivity contribution in [1.82, 2.24) is 0 Å². The van der Waals surface area contributed by atoms with Gasteiger partial charge in [0.1, 0.15) is 11.5 Å². The highest BCUT2D eigenvalue weighted by Gasteiger charge is 2.31. The van der Waals surface area contributed by atoms with Gasteiger partial charge < -0.3 is 14.2 Å². The van der Waals surface area contributed by atoms with Crippen LogP contribution in [0.15, 0.2) is 47.5 Å². The number of rotatable bonds is 7. The van der Waals surface area contributed by atoms with Crippen molar-refractivity contribution in [3.05, 3.63) is 69.6 Å². The average Bonchev–Trinajstić information content (AvgIpc) is 3.07. The van der Waals surface area contributed by atoms with Gasteiger partial charge in [0.05, 0.1) is 33.6 Å². The van der Waals surface area contributed by atoms with Crippen LogP contribution in [0.5, 0.6) is 17.2 Å². The fraction of sp³-hybridized carbons (Fsp3) is 0.269. The van der Waals surface area contributed by atoms with Crippen molar-refractivity contribution in [2.24, 2.45) is 4.99 Å². The number of Topliss-reactive ketones (excluding diaryl/α,β-unsaturated/α-hetero) is 1. The Bertz CT molecular complexity index is 1250. The highest BCUT2D eigenvalue weighted by atomic mass is 32.1. The number of ketones is 1. The van der Waals surface area contributed by atoms with Crippen molar-refractivity contribution in [1.29, 1.82) is 0 Å². The Kier molecular flexibility index (Phi) is 6.70. The minimum absolute atomic E-state index is 0.0483. The van der Waals surface area contributed by atoms with Gasteiger partial charge in [0.2, 0.25) is 11.7 Å². The summed E-state index contributed by atoms with van der Waals surface area (Å²) in [6, 6.07) is 12.7. The lowest BCUT2D eigenvalue weighted by molar-refractivity contribution is -0.117. The van der Waals surface area contributed by atoms with Crippen LogP contribution in [-0.2, 0) is 4.79 Å². The van der Waals surface area contributed by atoms with Crippen LogP contribution < -0.4 is 19.1 Å². The highest BCUT2D eigenvalue weighted by molar-refractivity contribution is 7.17. The maximum atomic E-state index is 13.2. The largest absolute Gasteiger partial charge is 0.493 e. The molecule has 1 aliphatic rings. The number of benzene rings is 2. The molecule has 0 fully saturated rings. The van der Waals surface area contributed by atoms with E-state index in [0.717, 1.165) is 21.6 Å². The Balaban J connectivity index is 1.83. The first kappa shape index (κ1) is 23.5. The van der Waals surface area contributed by atoms with E-state index >= 15 is 0 Å². The van der Waals surface area contributed by atoms with Crippen molar-refractivity contribution in [2.45, 2.75) is 13.8 Å². The maximum Gasteiger partial charge on any atom is 0.249 e. The summed E-state index contributed by atoms with van der Waals surface area (Å²) >= 11 is 1.49. The molecule has 1 aliphatic heterocycles. The summed E-state index contributed by atoms with van der Waals surface area (Å²) in [6.07, 6.45) is 0. The van der Waals surface area contributed by atoms with Gasteiger partial charge in [0, 0.05) is 21.6 Å². The topological polar surface area (TPSA) is 77.4 Å². The van der Waals surface area contributed by atoms with Crippen molar-refractivity contribution in [3.8, 4) is 17.2 Å². The predicted octanol–water partition coefficient (Wildman–Crippen LogP) is 4.46. The fourth-order valence-corrected chi connectivity index (χ4v) is 5.15. The smallest absolute Gasteiger partial charge is 0.249 e. The van der Waals surface area contributed by atoms with E-state index in [1.54, 1.807) is 38.4 Å². The Morgan fingerprint density at radius 2 is 1.68 bits per heavy atom. The number of carbonyl (C=O) groups excluding carboxylic acids is 2. The molecule has 0 aliphatic carbocycles. The minimum atomic E-state index is -0.228. The van der Waals surface area contributed by atoms with Crippen LogP contribution in [0.2, 0.25) is 0 Å². The molecule has 0 saturated carbocycles. The molecule has 4 rings (SSSR count). The molecule has 2 heterocycles. The van der Waals surface area contributed by atoms with Gasteiger partial charge in [-0.2, -0.15) is 0 Å². The van der Waals surface area contributed by atoms with Gasteiger partial charge in [-0.25, -0.2) is 0 Å². The lowest BCUT2D eigenvalue weighted by Crippen LogP contribution is -2.36. The van der Waals surface area contributed by atoms with E-state index in [9.17, 15) is 9.59 Å². The van der Waals surface area contributed by atoms with E-state index in [1.807, 2.05) is 44.2 Å². The van der Waals surface area contributed by atoms with E-state index in [-0.39, 0.29) is 24.8 Å². The molecule has 176 valence electrons. The molecule has 0 atom stereocenters. The summed E-state index contributed by atoms with van der Waals surface area (Å²) in [5.74, 6) is 1.12. The first-order valence-corrected chi connectivity index (χ1v) is 11.5. The molecule has 1 amide bonds. The average molecular weight is 479 g/mol. The number of aliphatic imine (C=N–C) groups is 1. The van der Waals surface area contributed by atoms with Crippen molar-refractivity contribution in [3.63, 3.8) is 0 Å². The molecular weight excluding hydrogens is 452 g/mol. The van der Waals surface area contributed by atoms with Gasteiger partial charge in [-0.05, 0) is 31.5 Å². The summed E-state index contributed by atoms with van der Waals surface area (Å²) < 4.78 is 16.5. The second-order valence-electron chi connectivity index (χ2n) is 7.81. The zero-order chi connectivity index (χ0) is 24.4. The van der Waals surface area contributed by atoms with Gasteiger partial charge in [-0.15, -0.1) is 11.3 Å². The number of ether oxygens (including phenoxy) is 3. The first-order chi connectivity index (χ1) is 16.4. The third kappa shape index (κ3) is 4.17. The molecule has 0 N–H and O–H groups in total. The second-order valence-corrected chi connectivity index (χ2v) is 9.01. The monoisotopic (exact) mass is 478 g/mol. The van der Waals surface area contributed by atoms with Gasteiger partial charge in [0.25, 0.3) is 0 Å². The number of thiophene rings is 1. The molecule has 1 aromatic heterocycles. The number of amides is 1. The lowest BCUT2D eigenvalue weighted by Gasteiger charge is -2.20. The molecule has 2 aromatic carbocycles. The fourth-order valence-electron chi connectivity index (χ4n) is 3.97. The molecule has 0 saturated heterocycles. The first-order valence-electron chi connectivity index (χ1n) is 10.7. The normalized spacial score (nSPS) is 13.1. The van der Waals surface area contributed by atoms with Crippen molar-refractivity contribution >= 4 is 33.7 Å². The zero-order valence-corrected chi connectivity index (χ0v) is 20.6. The van der Waals surface area contributed by atoms with Gasteiger partial charge in [0.15, 0.2) is 17.3 Å². The van der Waals surface area contributed by atoms with E-state index in [4.69, 9.17) is 19.2 Å². The molecule has 34 heavy (non-hydrogen) atoms. The van der Waals surface area contributed by atoms with E-state index in [0.29, 0.717) is 33.5 Å². The van der Waals surface area contributed by atoms with E-state index < -0.39 is 0 Å². The number of methoxy groups -OCH3 is 3. The number of aryl methyl sites for hydroxylation is 1. The van der Waals surface area contributed by atoms with Crippen molar-refractivity contribution < 1.29 is 23.8 Å². The summed E-state index contributed by atoms with van der Waals surface area (Å²) in [5.41, 5.74) is 3.81. The summed E-state index contributed by atoms with van der Waals surface area (Å²) in [5, 5.41) is 0.717. The van der Waals surface area contributed by atoms with E-state index in [2.05, 4.69) is 0 Å². The quantitative estimate of drug-likeness (QED) is 0.469. The molecular formula is C26H26N2O5S.